The molecule has 2 aromatic rings. The summed E-state index contributed by atoms with van der Waals surface area (Å²) in [5, 5.41) is 0. The molecule has 2 saturated heterocycles. The lowest BCUT2D eigenvalue weighted by Crippen LogP contribution is -2.42. The van der Waals surface area contributed by atoms with Gasteiger partial charge in [-0.1, -0.05) is 29.3 Å². The van der Waals surface area contributed by atoms with E-state index in [-0.39, 0.29) is 5.91 Å². The molecular weight excluding hydrogens is 360 g/mol. The first-order valence-electron chi connectivity index (χ1n) is 10.7. The normalized spacial score (nSPS) is 18.9. The van der Waals surface area contributed by atoms with Gasteiger partial charge in [0.15, 0.2) is 0 Å². The van der Waals surface area contributed by atoms with Crippen molar-refractivity contribution in [2.24, 2.45) is 5.41 Å². The molecule has 154 valence electrons. The third-order valence-corrected chi connectivity index (χ3v) is 6.65. The molecule has 2 aliphatic heterocycles. The van der Waals surface area contributed by atoms with Crippen LogP contribution >= 0.6 is 0 Å². The van der Waals surface area contributed by atoms with Gasteiger partial charge in [-0.15, -0.1) is 0 Å². The predicted octanol–water partition coefficient (Wildman–Crippen LogP) is 4.44. The Morgan fingerprint density at radius 2 is 1.69 bits per heavy atom. The fraction of sp³-hybridized carbons (Fsp3) is 0.480. The van der Waals surface area contributed by atoms with E-state index in [1.54, 1.807) is 7.11 Å². The lowest BCUT2D eigenvalue weighted by molar-refractivity contribution is 0.0713. The summed E-state index contributed by atoms with van der Waals surface area (Å²) in [5.74, 6) is 1.12. The van der Waals surface area contributed by atoms with Crippen molar-refractivity contribution in [3.05, 3.63) is 64.7 Å². The van der Waals surface area contributed by atoms with Gasteiger partial charge in [-0.3, -0.25) is 9.69 Å². The second-order valence-electron chi connectivity index (χ2n) is 8.98. The number of carbonyl (C=O) groups excluding carboxylic acids is 1. The standard InChI is InChI=1S/C25H32N2O2/c1-19-13-20(2)15-22(14-19)24(28)27-12-9-25(18-27)7-10-26(11-8-25)17-21-5-4-6-23(16-21)29-3/h4-6,13-16H,7-12,17-18H2,1-3H3. The monoisotopic (exact) mass is 392 g/mol. The van der Waals surface area contributed by atoms with Gasteiger partial charge in [0.25, 0.3) is 5.91 Å². The minimum atomic E-state index is 0.201. The molecule has 4 rings (SSSR count). The highest BCUT2D eigenvalue weighted by molar-refractivity contribution is 5.94. The molecule has 0 bridgehead atoms. The predicted molar refractivity (Wildman–Crippen MR) is 116 cm³/mol. The second kappa shape index (κ2) is 8.19. The number of aryl methyl sites for hydroxylation is 2. The van der Waals surface area contributed by atoms with Crippen LogP contribution in [0.25, 0.3) is 0 Å². The number of carbonyl (C=O) groups is 1. The Labute approximate surface area is 174 Å². The van der Waals surface area contributed by atoms with Crippen molar-refractivity contribution in [2.45, 2.75) is 39.7 Å². The molecule has 29 heavy (non-hydrogen) atoms. The fourth-order valence-electron chi connectivity index (χ4n) is 5.01. The molecule has 1 amide bonds. The fourth-order valence-corrected chi connectivity index (χ4v) is 5.01. The van der Waals surface area contributed by atoms with Gasteiger partial charge in [0, 0.05) is 25.2 Å². The average Bonchev–Trinajstić information content (AvgIpc) is 3.12. The van der Waals surface area contributed by atoms with E-state index in [2.05, 4.69) is 47.9 Å². The Morgan fingerprint density at radius 3 is 2.38 bits per heavy atom. The van der Waals surface area contributed by atoms with Gasteiger partial charge in [-0.2, -0.15) is 0 Å². The van der Waals surface area contributed by atoms with Crippen LogP contribution < -0.4 is 4.74 Å². The molecule has 2 aromatic carbocycles. The van der Waals surface area contributed by atoms with Gasteiger partial charge in [0.05, 0.1) is 7.11 Å². The first-order valence-corrected chi connectivity index (χ1v) is 10.7. The molecule has 2 fully saturated rings. The minimum absolute atomic E-state index is 0.201. The molecule has 0 N–H and O–H groups in total. The molecule has 4 heteroatoms. The van der Waals surface area contributed by atoms with E-state index in [4.69, 9.17) is 4.74 Å². The molecule has 1 spiro atoms. The molecular formula is C25H32N2O2. The Bertz CT molecular complexity index is 864. The minimum Gasteiger partial charge on any atom is -0.497 e. The maximum Gasteiger partial charge on any atom is 0.253 e. The number of methoxy groups -OCH3 is 1. The van der Waals surface area contributed by atoms with Crippen molar-refractivity contribution in [1.29, 1.82) is 0 Å². The van der Waals surface area contributed by atoms with E-state index in [0.29, 0.717) is 5.41 Å². The summed E-state index contributed by atoms with van der Waals surface area (Å²) in [5.41, 5.74) is 4.77. The van der Waals surface area contributed by atoms with Gasteiger partial charge in [0.2, 0.25) is 0 Å². The number of hydrogen-bond donors (Lipinski definition) is 0. The van der Waals surface area contributed by atoms with E-state index < -0.39 is 0 Å². The number of likely N-dealkylation sites (tertiary alicyclic amines) is 2. The SMILES string of the molecule is COc1cccc(CN2CCC3(CC2)CCN(C(=O)c2cc(C)cc(C)c2)C3)c1. The van der Waals surface area contributed by atoms with Crippen LogP contribution in [0.5, 0.6) is 5.75 Å². The summed E-state index contributed by atoms with van der Waals surface area (Å²) in [6.45, 7) is 9.10. The van der Waals surface area contributed by atoms with Crippen LogP contribution in [-0.2, 0) is 6.54 Å². The third kappa shape index (κ3) is 4.48. The summed E-state index contributed by atoms with van der Waals surface area (Å²) in [7, 11) is 1.72. The summed E-state index contributed by atoms with van der Waals surface area (Å²) < 4.78 is 5.35. The number of piperidine rings is 1. The van der Waals surface area contributed by atoms with Crippen LogP contribution in [0.15, 0.2) is 42.5 Å². The molecule has 2 aliphatic rings. The van der Waals surface area contributed by atoms with Crippen molar-refractivity contribution >= 4 is 5.91 Å². The van der Waals surface area contributed by atoms with Crippen LogP contribution in [0.3, 0.4) is 0 Å². The molecule has 4 nitrogen and oxygen atoms in total. The first kappa shape index (κ1) is 20.0. The zero-order valence-corrected chi connectivity index (χ0v) is 17.9. The second-order valence-corrected chi connectivity index (χ2v) is 8.98. The van der Waals surface area contributed by atoms with E-state index in [0.717, 1.165) is 61.6 Å². The Hall–Kier alpha value is -2.33. The number of hydrogen-bond acceptors (Lipinski definition) is 3. The van der Waals surface area contributed by atoms with Gasteiger partial charge in [-0.25, -0.2) is 0 Å². The number of rotatable bonds is 4. The van der Waals surface area contributed by atoms with Gasteiger partial charge < -0.3 is 9.64 Å². The van der Waals surface area contributed by atoms with Crippen LogP contribution in [0.4, 0.5) is 0 Å². The number of benzene rings is 2. The molecule has 0 radical (unpaired) electrons. The van der Waals surface area contributed by atoms with Gasteiger partial charge in [0.1, 0.15) is 5.75 Å². The summed E-state index contributed by atoms with van der Waals surface area (Å²) in [4.78, 5) is 17.7. The van der Waals surface area contributed by atoms with Crippen LogP contribution in [0.1, 0.15) is 46.3 Å². The molecule has 0 unspecified atom stereocenters. The Kier molecular flexibility index (Phi) is 5.64. The van der Waals surface area contributed by atoms with E-state index in [1.807, 2.05) is 18.2 Å². The van der Waals surface area contributed by atoms with E-state index in [1.165, 1.54) is 18.4 Å². The summed E-state index contributed by atoms with van der Waals surface area (Å²) >= 11 is 0. The number of nitrogens with zero attached hydrogens (tertiary/aromatic N) is 2. The Morgan fingerprint density at radius 1 is 1.00 bits per heavy atom. The van der Waals surface area contributed by atoms with Crippen molar-refractivity contribution in [1.82, 2.24) is 9.80 Å². The lowest BCUT2D eigenvalue weighted by atomic mass is 9.77. The molecule has 0 aromatic heterocycles. The maximum atomic E-state index is 13.0. The lowest BCUT2D eigenvalue weighted by Gasteiger charge is -2.39. The topological polar surface area (TPSA) is 32.8 Å². The van der Waals surface area contributed by atoms with Crippen molar-refractivity contribution in [3.8, 4) is 5.75 Å². The Balaban J connectivity index is 1.35. The quantitative estimate of drug-likeness (QED) is 0.771. The first-order chi connectivity index (χ1) is 14.0. The smallest absolute Gasteiger partial charge is 0.253 e. The molecule has 0 saturated carbocycles. The van der Waals surface area contributed by atoms with Crippen molar-refractivity contribution < 1.29 is 9.53 Å². The summed E-state index contributed by atoms with van der Waals surface area (Å²) in [6.07, 6.45) is 3.48. The van der Waals surface area contributed by atoms with Crippen molar-refractivity contribution in [2.75, 3.05) is 33.3 Å². The third-order valence-electron chi connectivity index (χ3n) is 6.65. The molecule has 0 atom stereocenters. The molecule has 2 heterocycles. The highest BCUT2D eigenvalue weighted by Crippen LogP contribution is 2.41. The molecule has 0 aliphatic carbocycles. The van der Waals surface area contributed by atoms with Gasteiger partial charge in [-0.05, 0) is 81.4 Å². The highest BCUT2D eigenvalue weighted by atomic mass is 16.5. The largest absolute Gasteiger partial charge is 0.497 e. The summed E-state index contributed by atoms with van der Waals surface area (Å²) in [6, 6.07) is 14.5. The maximum absolute atomic E-state index is 13.0. The van der Waals surface area contributed by atoms with Gasteiger partial charge >= 0.3 is 0 Å². The van der Waals surface area contributed by atoms with Crippen LogP contribution in [0, 0.1) is 19.3 Å². The highest BCUT2D eigenvalue weighted by Gasteiger charge is 2.42. The van der Waals surface area contributed by atoms with Crippen molar-refractivity contribution in [3.63, 3.8) is 0 Å². The number of ether oxygens (including phenoxy) is 1. The number of amides is 1. The van der Waals surface area contributed by atoms with E-state index in [9.17, 15) is 4.79 Å². The average molecular weight is 393 g/mol. The van der Waals surface area contributed by atoms with Crippen LogP contribution in [-0.4, -0.2) is 49.0 Å². The zero-order chi connectivity index (χ0) is 20.4. The van der Waals surface area contributed by atoms with E-state index >= 15 is 0 Å². The zero-order valence-electron chi connectivity index (χ0n) is 17.9. The van der Waals surface area contributed by atoms with Crippen LogP contribution in [0.2, 0.25) is 0 Å².